The van der Waals surface area contributed by atoms with Crippen molar-refractivity contribution in [3.05, 3.63) is 12.2 Å². The Bertz CT molecular complexity index is 245. The van der Waals surface area contributed by atoms with Crippen molar-refractivity contribution >= 4 is 51.5 Å². The van der Waals surface area contributed by atoms with E-state index in [1.807, 2.05) is 0 Å². The topological polar surface area (TPSA) is 37.3 Å². The van der Waals surface area contributed by atoms with E-state index in [4.69, 9.17) is 5.11 Å². The van der Waals surface area contributed by atoms with Crippen molar-refractivity contribution in [2.24, 2.45) is 0 Å². The second-order valence-electron chi connectivity index (χ2n) is 5.73. The van der Waals surface area contributed by atoms with Gasteiger partial charge in [-0.05, 0) is 32.1 Å². The molecule has 0 unspecified atom stereocenters. The van der Waals surface area contributed by atoms with E-state index in [2.05, 4.69) is 19.1 Å². The van der Waals surface area contributed by atoms with Gasteiger partial charge in [0.25, 0.3) is 0 Å². The van der Waals surface area contributed by atoms with Crippen molar-refractivity contribution in [3.8, 4) is 0 Å². The van der Waals surface area contributed by atoms with Crippen molar-refractivity contribution < 1.29 is 27.0 Å². The number of carboxylic acid groups (broad SMARTS) is 1. The van der Waals surface area contributed by atoms with Crippen molar-refractivity contribution in [2.45, 2.75) is 96.8 Å². The van der Waals surface area contributed by atoms with Gasteiger partial charge in [-0.1, -0.05) is 70.4 Å². The summed E-state index contributed by atoms with van der Waals surface area (Å²) in [5, 5.41) is 8.51. The van der Waals surface area contributed by atoms with Crippen LogP contribution in [-0.2, 0) is 21.9 Å². The molecular weight excluding hydrogens is 392 g/mol. The predicted octanol–water partition coefficient (Wildman–Crippen LogP) is 5.19. The van der Waals surface area contributed by atoms with Gasteiger partial charge in [0.05, 0.1) is 0 Å². The van der Waals surface area contributed by atoms with E-state index in [9.17, 15) is 4.79 Å². The van der Waals surface area contributed by atoms with Crippen LogP contribution in [0.3, 0.4) is 0 Å². The minimum atomic E-state index is -0.664. The Kier molecular flexibility index (Phi) is 31.2. The summed E-state index contributed by atoms with van der Waals surface area (Å²) in [5.41, 5.74) is 0. The average molecular weight is 428 g/mol. The first-order chi connectivity index (χ1) is 9.77. The molecule has 130 valence electrons. The zero-order chi connectivity index (χ0) is 14.9. The van der Waals surface area contributed by atoms with Crippen LogP contribution in [0, 0.1) is 0 Å². The van der Waals surface area contributed by atoms with E-state index < -0.39 is 5.97 Å². The molecular formula is C18H36FeO2Sr. The van der Waals surface area contributed by atoms with Crippen molar-refractivity contribution in [2.75, 3.05) is 0 Å². The molecule has 0 bridgehead atoms. The summed E-state index contributed by atoms with van der Waals surface area (Å²) < 4.78 is 0. The summed E-state index contributed by atoms with van der Waals surface area (Å²) in [6.07, 6.45) is 21.2. The normalized spacial score (nSPS) is 10.2. The molecule has 0 rings (SSSR count). The zero-order valence-corrected chi connectivity index (χ0v) is 14.9. The van der Waals surface area contributed by atoms with Gasteiger partial charge in [0, 0.05) is 23.5 Å². The summed E-state index contributed by atoms with van der Waals surface area (Å²) in [4.78, 5) is 10.3. The SMILES string of the molecule is CCCCCCCCC=CCCCCCCCC(=O)O.[Fe].[SrH2]. The fourth-order valence-corrected chi connectivity index (χ4v) is 2.35. The van der Waals surface area contributed by atoms with Gasteiger partial charge in [0.15, 0.2) is 0 Å². The molecule has 0 atom stereocenters. The molecule has 0 heterocycles. The van der Waals surface area contributed by atoms with Crippen LogP contribution in [0.25, 0.3) is 0 Å². The second-order valence-corrected chi connectivity index (χ2v) is 5.73. The van der Waals surface area contributed by atoms with Gasteiger partial charge in [0.2, 0.25) is 0 Å². The van der Waals surface area contributed by atoms with Gasteiger partial charge < -0.3 is 5.11 Å². The number of carbonyl (C=O) groups is 1. The molecule has 0 spiro atoms. The number of carboxylic acids is 1. The van der Waals surface area contributed by atoms with Crippen LogP contribution < -0.4 is 0 Å². The Morgan fingerprint density at radius 2 is 1.18 bits per heavy atom. The van der Waals surface area contributed by atoms with Crippen molar-refractivity contribution in [1.29, 1.82) is 0 Å². The first kappa shape index (κ1) is 28.0. The van der Waals surface area contributed by atoms with Gasteiger partial charge >= 0.3 is 51.5 Å². The number of hydrogen-bond acceptors (Lipinski definition) is 1. The van der Waals surface area contributed by atoms with E-state index in [-0.39, 0.29) is 62.6 Å². The first-order valence-electron chi connectivity index (χ1n) is 8.64. The van der Waals surface area contributed by atoms with E-state index in [1.54, 1.807) is 0 Å². The molecule has 22 heavy (non-hydrogen) atoms. The molecule has 0 aromatic heterocycles. The molecule has 0 amide bonds. The Labute approximate surface area is 185 Å². The standard InChI is InChI=1S/C18H34O2.Fe.Sr.2H/c1-2-3-4-5-6-7-8-9-10-11-12-13-14-15-16-17-18(19)20;;;;/h9-10H,2-8,11-17H2,1H3,(H,19,20);;;;. The van der Waals surface area contributed by atoms with E-state index in [1.165, 1.54) is 70.6 Å². The molecule has 0 saturated carbocycles. The molecule has 0 aliphatic heterocycles. The third-order valence-electron chi connectivity index (χ3n) is 3.65. The predicted molar refractivity (Wildman–Crippen MR) is 95.6 cm³/mol. The monoisotopic (exact) mass is 428 g/mol. The molecule has 2 nitrogen and oxygen atoms in total. The fourth-order valence-electron chi connectivity index (χ4n) is 2.35. The van der Waals surface area contributed by atoms with E-state index >= 15 is 0 Å². The second kappa shape index (κ2) is 24.5. The number of aliphatic carboxylic acids is 1. The maximum absolute atomic E-state index is 10.3. The Hall–Kier alpha value is 1.21. The van der Waals surface area contributed by atoms with Crippen LogP contribution in [0.2, 0.25) is 0 Å². The van der Waals surface area contributed by atoms with Gasteiger partial charge in [0.1, 0.15) is 0 Å². The van der Waals surface area contributed by atoms with Crippen LogP contribution in [0.15, 0.2) is 12.2 Å². The van der Waals surface area contributed by atoms with Gasteiger partial charge in [-0.25, -0.2) is 0 Å². The average Bonchev–Trinajstić information content (AvgIpc) is 2.43. The molecule has 0 aromatic rings. The van der Waals surface area contributed by atoms with Crippen LogP contribution in [0.5, 0.6) is 0 Å². The summed E-state index contributed by atoms with van der Waals surface area (Å²) in [5.74, 6) is -0.664. The molecule has 1 N–H and O–H groups in total. The third-order valence-corrected chi connectivity index (χ3v) is 3.65. The molecule has 4 heteroatoms. The fraction of sp³-hybridized carbons (Fsp3) is 0.833. The van der Waals surface area contributed by atoms with E-state index in [0.29, 0.717) is 6.42 Å². The summed E-state index contributed by atoms with van der Waals surface area (Å²) in [6.45, 7) is 2.26. The third kappa shape index (κ3) is 26.1. The number of hydrogen-bond donors (Lipinski definition) is 1. The van der Waals surface area contributed by atoms with Gasteiger partial charge in [-0.2, -0.15) is 0 Å². The summed E-state index contributed by atoms with van der Waals surface area (Å²) >= 11 is 0. The Morgan fingerprint density at radius 3 is 1.64 bits per heavy atom. The first-order valence-corrected chi connectivity index (χ1v) is 8.64. The maximum atomic E-state index is 10.3. The van der Waals surface area contributed by atoms with Crippen molar-refractivity contribution in [1.82, 2.24) is 0 Å². The minimum absolute atomic E-state index is 0. The molecule has 0 aromatic carbocycles. The quantitative estimate of drug-likeness (QED) is 0.222. The Morgan fingerprint density at radius 1 is 0.773 bits per heavy atom. The van der Waals surface area contributed by atoms with Crippen LogP contribution in [0.1, 0.15) is 96.8 Å². The molecule has 0 saturated heterocycles. The van der Waals surface area contributed by atoms with E-state index in [0.717, 1.165) is 12.8 Å². The Balaban J connectivity index is -0.00000180. The number of rotatable bonds is 15. The zero-order valence-electron chi connectivity index (χ0n) is 13.8. The molecule has 0 radical (unpaired) electrons. The summed E-state index contributed by atoms with van der Waals surface area (Å²) in [7, 11) is 0. The number of unbranched alkanes of at least 4 members (excludes halogenated alkanes) is 11. The van der Waals surface area contributed by atoms with Gasteiger partial charge in [-0.3, -0.25) is 4.79 Å². The van der Waals surface area contributed by atoms with Crippen LogP contribution >= 0.6 is 0 Å². The number of allylic oxidation sites excluding steroid dienone is 2. The summed E-state index contributed by atoms with van der Waals surface area (Å²) in [6, 6.07) is 0. The van der Waals surface area contributed by atoms with Gasteiger partial charge in [-0.15, -0.1) is 0 Å². The molecule has 0 fully saturated rings. The van der Waals surface area contributed by atoms with Crippen LogP contribution in [0.4, 0.5) is 0 Å². The van der Waals surface area contributed by atoms with Crippen molar-refractivity contribution in [3.63, 3.8) is 0 Å². The molecule has 0 aliphatic carbocycles. The van der Waals surface area contributed by atoms with Crippen LogP contribution in [-0.4, -0.2) is 56.6 Å². The molecule has 0 aliphatic rings.